The molecular formula is C27H19F2N2S3+. The molecule has 6 rings (SSSR count). The maximum Gasteiger partial charge on any atom is 0.389 e. The zero-order valence-corrected chi connectivity index (χ0v) is 20.3. The minimum Gasteiger partial charge on any atom is -0.194 e. The lowest BCUT2D eigenvalue weighted by Gasteiger charge is -2.28. The standard InChI is InChI=1S/C27H19F2N2S3/c28-34(29)30-23(16-18-25(30)32-21-12-6-2-7-13-21)27(20-10-4-1-5-11-20)24-17-19-26(31(24)34)33-22-14-8-3-9-15-22/h1-19H/q+1. The maximum absolute atomic E-state index is 16.4. The molecule has 0 saturated carbocycles. The lowest BCUT2D eigenvalue weighted by molar-refractivity contribution is -0.298. The number of hydrogen-bond donors (Lipinski definition) is 0. The van der Waals surface area contributed by atoms with Crippen LogP contribution in [-0.2, 0) is 0 Å². The fourth-order valence-corrected chi connectivity index (χ4v) is 8.08. The average Bonchev–Trinajstić information content (AvgIpc) is 3.47. The number of aromatic nitrogens is 1. The van der Waals surface area contributed by atoms with Gasteiger partial charge in [-0.2, -0.15) is 3.97 Å². The molecule has 1 aromatic heterocycles. The van der Waals surface area contributed by atoms with Gasteiger partial charge in [0.25, 0.3) is 5.04 Å². The summed E-state index contributed by atoms with van der Waals surface area (Å²) < 4.78 is 35.4. The van der Waals surface area contributed by atoms with Crippen molar-refractivity contribution in [2.45, 2.75) is 14.8 Å². The third-order valence-corrected chi connectivity index (χ3v) is 9.52. The van der Waals surface area contributed by atoms with Gasteiger partial charge >= 0.3 is 11.2 Å². The predicted octanol–water partition coefficient (Wildman–Crippen LogP) is 8.44. The number of hydrogen-bond acceptors (Lipinski definition) is 2. The van der Waals surface area contributed by atoms with Crippen molar-refractivity contribution in [1.29, 1.82) is 0 Å². The Balaban J connectivity index is 1.57. The van der Waals surface area contributed by atoms with Gasteiger partial charge in [-0.25, -0.2) is 0 Å². The first-order chi connectivity index (χ1) is 16.6. The van der Waals surface area contributed by atoms with E-state index in [0.29, 0.717) is 21.5 Å². The maximum atomic E-state index is 16.4. The topological polar surface area (TPSA) is 7.94 Å². The van der Waals surface area contributed by atoms with Gasteiger partial charge in [0, 0.05) is 21.9 Å². The Morgan fingerprint density at radius 1 is 0.647 bits per heavy atom. The van der Waals surface area contributed by atoms with Crippen molar-refractivity contribution in [3.63, 3.8) is 0 Å². The van der Waals surface area contributed by atoms with E-state index >= 15 is 7.77 Å². The molecule has 0 saturated heterocycles. The van der Waals surface area contributed by atoms with Crippen LogP contribution in [0.25, 0.3) is 5.57 Å². The van der Waals surface area contributed by atoms with E-state index in [0.717, 1.165) is 20.9 Å². The van der Waals surface area contributed by atoms with Crippen LogP contribution in [0.15, 0.2) is 136 Å². The molecule has 3 aromatic carbocycles. The van der Waals surface area contributed by atoms with Crippen LogP contribution < -0.4 is 0 Å². The highest BCUT2D eigenvalue weighted by Crippen LogP contribution is 2.64. The number of rotatable bonds is 4. The molecule has 2 aliphatic rings. The van der Waals surface area contributed by atoms with Crippen LogP contribution in [0.3, 0.4) is 0 Å². The molecule has 0 fully saturated rings. The molecule has 0 atom stereocenters. The molecule has 4 aromatic rings. The first-order valence-corrected chi connectivity index (χ1v) is 13.7. The average molecular weight is 506 g/mol. The quantitative estimate of drug-likeness (QED) is 0.257. The molecule has 0 amide bonds. The molecule has 168 valence electrons. The van der Waals surface area contributed by atoms with Crippen LogP contribution in [0.4, 0.5) is 7.77 Å². The third-order valence-electron chi connectivity index (χ3n) is 5.55. The van der Waals surface area contributed by atoms with Crippen molar-refractivity contribution in [2.24, 2.45) is 0 Å². The van der Waals surface area contributed by atoms with E-state index < -0.39 is 11.2 Å². The second kappa shape index (κ2) is 8.65. The van der Waals surface area contributed by atoms with Crippen molar-refractivity contribution >= 4 is 45.3 Å². The van der Waals surface area contributed by atoms with Crippen molar-refractivity contribution in [3.8, 4) is 0 Å². The van der Waals surface area contributed by atoms with Gasteiger partial charge in [-0.15, -0.1) is 0 Å². The van der Waals surface area contributed by atoms with Gasteiger partial charge in [-0.05, 0) is 53.7 Å². The van der Waals surface area contributed by atoms with E-state index in [1.807, 2.05) is 115 Å². The van der Waals surface area contributed by atoms with Gasteiger partial charge in [0.05, 0.1) is 16.3 Å². The van der Waals surface area contributed by atoms with E-state index in [-0.39, 0.29) is 0 Å². The highest BCUT2D eigenvalue weighted by atomic mass is 32.3. The largest absolute Gasteiger partial charge is 0.389 e. The number of benzene rings is 3. The summed E-state index contributed by atoms with van der Waals surface area (Å²) >= 11 is -1.65. The van der Waals surface area contributed by atoms with Crippen molar-refractivity contribution < 1.29 is 11.8 Å². The number of fused-ring (bicyclic) bond motifs is 2. The Bertz CT molecular complexity index is 1460. The Labute approximate surface area is 207 Å². The zero-order valence-electron chi connectivity index (χ0n) is 17.8. The minimum atomic E-state index is -4.39. The summed E-state index contributed by atoms with van der Waals surface area (Å²) in [6.07, 6.45) is 3.64. The van der Waals surface area contributed by atoms with Crippen LogP contribution in [0.5, 0.6) is 0 Å². The van der Waals surface area contributed by atoms with E-state index in [1.54, 1.807) is 0 Å². The monoisotopic (exact) mass is 505 g/mol. The summed E-state index contributed by atoms with van der Waals surface area (Å²) in [7, 11) is 0. The number of halogens is 2. The number of allylic oxidation sites excluding steroid dienone is 1. The number of thioether (sulfide) groups is 1. The summed E-state index contributed by atoms with van der Waals surface area (Å²) in [4.78, 5) is 1.86. The van der Waals surface area contributed by atoms with Crippen LogP contribution >= 0.6 is 34.7 Å². The van der Waals surface area contributed by atoms with Crippen LogP contribution in [0.2, 0.25) is 0 Å². The zero-order chi connectivity index (χ0) is 23.1. The predicted molar refractivity (Wildman–Crippen MR) is 139 cm³/mol. The Morgan fingerprint density at radius 2 is 1.24 bits per heavy atom. The normalized spacial score (nSPS) is 17.0. The summed E-state index contributed by atoms with van der Waals surface area (Å²) in [5.74, 6) is 0. The van der Waals surface area contributed by atoms with Gasteiger partial charge in [0.15, 0.2) is 0 Å². The van der Waals surface area contributed by atoms with E-state index in [2.05, 4.69) is 0 Å². The molecular weight excluding hydrogens is 487 g/mol. The molecule has 7 heteroatoms. The molecule has 2 aliphatic heterocycles. The molecule has 3 heterocycles. The fourth-order valence-electron chi connectivity index (χ4n) is 4.11. The van der Waals surface area contributed by atoms with E-state index in [9.17, 15) is 0 Å². The van der Waals surface area contributed by atoms with Crippen molar-refractivity contribution in [1.82, 2.24) is 3.97 Å². The first kappa shape index (κ1) is 21.5. The summed E-state index contributed by atoms with van der Waals surface area (Å²) in [5, 5.41) is 1.06. The number of nitrogens with zero attached hydrogens (tertiary/aromatic N) is 2. The Hall–Kier alpha value is -3.00. The van der Waals surface area contributed by atoms with Crippen molar-refractivity contribution in [3.05, 3.63) is 132 Å². The first-order valence-electron chi connectivity index (χ1n) is 10.7. The second-order valence-corrected chi connectivity index (χ2v) is 11.4. The van der Waals surface area contributed by atoms with E-state index in [1.165, 1.54) is 31.5 Å². The van der Waals surface area contributed by atoms with Gasteiger partial charge < -0.3 is 0 Å². The van der Waals surface area contributed by atoms with Gasteiger partial charge in [-0.1, -0.05) is 90.2 Å². The lowest BCUT2D eigenvalue weighted by Crippen LogP contribution is -2.25. The second-order valence-electron chi connectivity index (χ2n) is 7.69. The molecule has 0 radical (unpaired) electrons. The minimum absolute atomic E-state index is 0.532. The van der Waals surface area contributed by atoms with Crippen LogP contribution in [-0.4, -0.2) is 13.0 Å². The molecule has 0 N–H and O–H groups in total. The summed E-state index contributed by atoms with van der Waals surface area (Å²) in [6, 6.07) is 32.8. The van der Waals surface area contributed by atoms with Crippen molar-refractivity contribution in [2.75, 3.05) is 0 Å². The summed E-state index contributed by atoms with van der Waals surface area (Å²) in [5.41, 5.74) is 2.83. The fraction of sp³-hybridized carbons (Fsp3) is 0. The SMILES string of the molecule is FS1(F)n2c(Sc3ccccc3)ccc2C(c2ccccc2)=C2C=CC(Sc3ccccc3)=[N+]21. The highest BCUT2D eigenvalue weighted by molar-refractivity contribution is 8.20. The van der Waals surface area contributed by atoms with E-state index in [4.69, 9.17) is 0 Å². The third kappa shape index (κ3) is 3.64. The molecule has 0 unspecified atom stereocenters. The van der Waals surface area contributed by atoms with Crippen LogP contribution in [0.1, 0.15) is 11.3 Å². The van der Waals surface area contributed by atoms with Gasteiger partial charge in [-0.3, -0.25) is 0 Å². The Morgan fingerprint density at radius 3 is 1.88 bits per heavy atom. The van der Waals surface area contributed by atoms with Gasteiger partial charge in [0.2, 0.25) is 5.70 Å². The van der Waals surface area contributed by atoms with Crippen LogP contribution in [0, 0.1) is 0 Å². The molecule has 2 nitrogen and oxygen atoms in total. The lowest BCUT2D eigenvalue weighted by atomic mass is 10.0. The smallest absolute Gasteiger partial charge is 0.194 e. The molecule has 0 bridgehead atoms. The van der Waals surface area contributed by atoms with Gasteiger partial charge in [0.1, 0.15) is 0 Å². The molecule has 0 aliphatic carbocycles. The molecule has 34 heavy (non-hydrogen) atoms. The Kier molecular flexibility index (Phi) is 5.48. The highest BCUT2D eigenvalue weighted by Gasteiger charge is 2.53. The summed E-state index contributed by atoms with van der Waals surface area (Å²) in [6.45, 7) is 0. The molecule has 0 spiro atoms.